The summed E-state index contributed by atoms with van der Waals surface area (Å²) in [6, 6.07) is 28.7. The minimum Gasteiger partial charge on any atom is -0.497 e. The zero-order chi connectivity index (χ0) is 38.2. The Kier molecular flexibility index (Phi) is 13.1. The Bertz CT molecular complexity index is 2000. The van der Waals surface area contributed by atoms with Gasteiger partial charge in [0.15, 0.2) is 18.7 Å². The molecule has 1 fully saturated rings. The third kappa shape index (κ3) is 8.35. The predicted octanol–water partition coefficient (Wildman–Crippen LogP) is 7.81. The first-order chi connectivity index (χ1) is 26.2. The van der Waals surface area contributed by atoms with Crippen molar-refractivity contribution in [1.82, 2.24) is 24.2 Å². The summed E-state index contributed by atoms with van der Waals surface area (Å²) in [6.45, 7) is 9.18. The summed E-state index contributed by atoms with van der Waals surface area (Å²) in [5, 5.41) is 9.25. The van der Waals surface area contributed by atoms with Crippen LogP contribution < -0.4 is 15.0 Å². The first kappa shape index (κ1) is 39.4. The summed E-state index contributed by atoms with van der Waals surface area (Å²) < 4.78 is 36.1. The van der Waals surface area contributed by atoms with Crippen LogP contribution in [0.25, 0.3) is 11.2 Å². The summed E-state index contributed by atoms with van der Waals surface area (Å²) in [4.78, 5) is 24.1. The van der Waals surface area contributed by atoms with E-state index in [1.807, 2.05) is 71.3 Å². The van der Waals surface area contributed by atoms with Crippen LogP contribution in [0.1, 0.15) is 63.5 Å². The summed E-state index contributed by atoms with van der Waals surface area (Å²) in [5.41, 5.74) is 2.10. The smallest absolute Gasteiger partial charge is 0.278 e. The Labute approximate surface area is 321 Å². The molecule has 1 unspecified atom stereocenters. The van der Waals surface area contributed by atoms with Crippen LogP contribution >= 0.6 is 18.9 Å². The van der Waals surface area contributed by atoms with Gasteiger partial charge in [-0.25, -0.2) is 14.6 Å². The van der Waals surface area contributed by atoms with Crippen molar-refractivity contribution in [1.29, 1.82) is 5.26 Å². The van der Waals surface area contributed by atoms with Gasteiger partial charge in [-0.1, -0.05) is 66.0 Å². The number of aromatic nitrogens is 4. The molecular weight excluding hydrogens is 724 g/mol. The molecule has 0 amide bonds. The summed E-state index contributed by atoms with van der Waals surface area (Å²) >= 11 is 1.73. The predicted molar refractivity (Wildman–Crippen MR) is 212 cm³/mol. The Hall–Kier alpha value is -4.28. The second-order valence-electron chi connectivity index (χ2n) is 13.4. The molecule has 0 bridgehead atoms. The summed E-state index contributed by atoms with van der Waals surface area (Å²) in [6.07, 6.45) is 2.97. The molecule has 3 heterocycles. The second kappa shape index (κ2) is 17.9. The molecule has 0 saturated carbocycles. The van der Waals surface area contributed by atoms with Gasteiger partial charge < -0.3 is 28.5 Å². The van der Waals surface area contributed by atoms with Gasteiger partial charge >= 0.3 is 0 Å². The van der Waals surface area contributed by atoms with E-state index in [0.717, 1.165) is 28.2 Å². The van der Waals surface area contributed by atoms with Gasteiger partial charge in [0, 0.05) is 23.8 Å². The minimum absolute atomic E-state index is 0.108. The van der Waals surface area contributed by atoms with E-state index in [0.29, 0.717) is 25.1 Å². The van der Waals surface area contributed by atoms with Crippen LogP contribution in [-0.4, -0.2) is 75.1 Å². The lowest BCUT2D eigenvalue weighted by Gasteiger charge is -2.39. The van der Waals surface area contributed by atoms with Crippen LogP contribution in [0.5, 0.6) is 11.5 Å². The highest BCUT2D eigenvalue weighted by Crippen LogP contribution is 2.61. The number of methoxy groups -OCH3 is 2. The molecule has 1 N–H and O–H groups in total. The zero-order valence-corrected chi connectivity index (χ0v) is 33.1. The van der Waals surface area contributed by atoms with E-state index < -0.39 is 25.4 Å². The first-order valence-corrected chi connectivity index (χ1v) is 20.7. The number of nitrogens with zero attached hydrogens (tertiary/aromatic N) is 5. The number of aromatic amines is 1. The molecule has 1 aliphatic heterocycles. The molecule has 3 aromatic carbocycles. The second-order valence-corrected chi connectivity index (χ2v) is 17.0. The highest BCUT2D eigenvalue weighted by atomic mass is 32.7. The molecule has 2 aromatic heterocycles. The van der Waals surface area contributed by atoms with Crippen molar-refractivity contribution in [2.24, 2.45) is 0 Å². The molecule has 6 rings (SSSR count). The number of H-pyrrole nitrogens is 1. The highest BCUT2D eigenvalue weighted by Gasteiger charge is 2.45. The van der Waals surface area contributed by atoms with Gasteiger partial charge in [0.05, 0.1) is 58.7 Å². The van der Waals surface area contributed by atoms with Gasteiger partial charge in [-0.2, -0.15) is 5.26 Å². The maximum absolute atomic E-state index is 12.6. The van der Waals surface area contributed by atoms with Crippen LogP contribution in [0.15, 0.2) is 96.3 Å². The van der Waals surface area contributed by atoms with Crippen molar-refractivity contribution in [3.8, 4) is 17.6 Å². The number of benzene rings is 3. The normalized spacial score (nSPS) is 18.0. The van der Waals surface area contributed by atoms with Crippen molar-refractivity contribution in [2.75, 3.05) is 27.4 Å². The van der Waals surface area contributed by atoms with Crippen molar-refractivity contribution >= 4 is 30.0 Å². The topological polar surface area (TPSA) is 137 Å². The number of imidazole rings is 1. The van der Waals surface area contributed by atoms with E-state index in [1.54, 1.807) is 31.9 Å². The van der Waals surface area contributed by atoms with Crippen LogP contribution in [-0.2, 0) is 19.6 Å². The summed E-state index contributed by atoms with van der Waals surface area (Å²) in [5.74, 6) is 1.47. The van der Waals surface area contributed by atoms with E-state index in [4.69, 9.17) is 23.5 Å². The van der Waals surface area contributed by atoms with Gasteiger partial charge in [-0.3, -0.25) is 9.36 Å². The number of rotatable bonds is 17. The minimum atomic E-state index is -1.21. The van der Waals surface area contributed by atoms with E-state index in [-0.39, 0.29) is 35.0 Å². The van der Waals surface area contributed by atoms with E-state index >= 15 is 0 Å². The van der Waals surface area contributed by atoms with Gasteiger partial charge in [0.2, 0.25) is 0 Å². The SMILES string of the molecule is COc1ccc(C(OC[C@H]2O[C@@H](n3cnc4c(=O)[nH]cnc43)C[C@@H]2SP(OCCC#N)N(C(C)C)C(C)C)(c2ccccc2)c2ccc(OC)cc2)cc1. The third-order valence-corrected chi connectivity index (χ3v) is 14.3. The molecule has 12 nitrogen and oxygen atoms in total. The standard InChI is InChI=1S/C40H47N6O6PS/c1-27(2)46(28(3)4)53(51-22-10-21-41)54-35-23-36(45-26-44-37-38(45)42-25-43-39(37)47)52-34(35)24-50-40(29-11-8-7-9-12-29,30-13-17-32(48-5)18-14-30)31-15-19-33(49-6)20-16-31/h7-9,11-20,25-28,34-36H,10,22-24H2,1-6H3,(H,42,43,47)/t34-,35+,36-,53?/m1/s1. The van der Waals surface area contributed by atoms with Gasteiger partial charge in [-0.05, 0) is 68.7 Å². The Morgan fingerprint density at radius 3 is 2.15 bits per heavy atom. The number of hydrogen-bond acceptors (Lipinski definition) is 11. The number of ether oxygens (including phenoxy) is 4. The zero-order valence-electron chi connectivity index (χ0n) is 31.4. The molecule has 14 heteroatoms. The Morgan fingerprint density at radius 1 is 0.963 bits per heavy atom. The highest BCUT2D eigenvalue weighted by molar-refractivity contribution is 8.53. The van der Waals surface area contributed by atoms with Crippen molar-refractivity contribution in [3.63, 3.8) is 0 Å². The molecular formula is C40H47N6O6PS. The van der Waals surface area contributed by atoms with Gasteiger partial charge in [-0.15, -0.1) is 0 Å². The Balaban J connectivity index is 1.43. The quantitative estimate of drug-likeness (QED) is 0.0563. The average molecular weight is 771 g/mol. The van der Waals surface area contributed by atoms with Crippen molar-refractivity contribution in [3.05, 3.63) is 119 Å². The van der Waals surface area contributed by atoms with E-state index in [9.17, 15) is 10.1 Å². The van der Waals surface area contributed by atoms with Crippen LogP contribution in [0.3, 0.4) is 0 Å². The molecule has 4 atom stereocenters. The molecule has 0 spiro atoms. The van der Waals surface area contributed by atoms with Gasteiger partial charge in [0.1, 0.15) is 23.3 Å². The maximum atomic E-state index is 12.6. The fourth-order valence-corrected chi connectivity index (χ4v) is 12.2. The summed E-state index contributed by atoms with van der Waals surface area (Å²) in [7, 11) is 2.09. The first-order valence-electron chi connectivity index (χ1n) is 18.0. The molecule has 0 radical (unpaired) electrons. The molecule has 0 aliphatic carbocycles. The van der Waals surface area contributed by atoms with Crippen LogP contribution in [0.2, 0.25) is 0 Å². The van der Waals surface area contributed by atoms with Gasteiger partial charge in [0.25, 0.3) is 5.56 Å². The lowest BCUT2D eigenvalue weighted by molar-refractivity contribution is -0.0747. The monoisotopic (exact) mass is 770 g/mol. The van der Waals surface area contributed by atoms with Crippen LogP contribution in [0, 0.1) is 11.3 Å². The maximum Gasteiger partial charge on any atom is 0.278 e. The largest absolute Gasteiger partial charge is 0.497 e. The molecule has 284 valence electrons. The fraction of sp³-hybridized carbons (Fsp3) is 0.400. The van der Waals surface area contributed by atoms with E-state index in [2.05, 4.69) is 65.5 Å². The van der Waals surface area contributed by atoms with Crippen LogP contribution in [0.4, 0.5) is 0 Å². The number of hydrogen-bond donors (Lipinski definition) is 1. The fourth-order valence-electron chi connectivity index (χ4n) is 6.90. The van der Waals surface area contributed by atoms with Crippen molar-refractivity contribution in [2.45, 2.75) is 75.8 Å². The Morgan fingerprint density at radius 2 is 1.57 bits per heavy atom. The lowest BCUT2D eigenvalue weighted by atomic mass is 9.80. The van der Waals surface area contributed by atoms with E-state index in [1.165, 1.54) is 6.33 Å². The lowest BCUT2D eigenvalue weighted by Crippen LogP contribution is -2.38. The van der Waals surface area contributed by atoms with Crippen molar-refractivity contribution < 1.29 is 23.5 Å². The third-order valence-electron chi connectivity index (χ3n) is 9.38. The average Bonchev–Trinajstić information content (AvgIpc) is 3.80. The number of fused-ring (bicyclic) bond motifs is 1. The molecule has 5 aromatic rings. The number of nitriles is 1. The molecule has 1 aliphatic rings. The molecule has 1 saturated heterocycles. The number of nitrogens with one attached hydrogen (secondary N) is 1. The molecule has 54 heavy (non-hydrogen) atoms.